The Morgan fingerprint density at radius 3 is 3.06 bits per heavy atom. The topological polar surface area (TPSA) is 50.7 Å². The second-order valence-corrected chi connectivity index (χ2v) is 3.89. The molecule has 0 bridgehead atoms. The molecule has 0 amide bonds. The molecule has 0 aliphatic carbocycles. The summed E-state index contributed by atoms with van der Waals surface area (Å²) in [5, 5.41) is 6.30. The highest BCUT2D eigenvalue weighted by molar-refractivity contribution is 5.24. The molecule has 5 heteroatoms. The lowest BCUT2D eigenvalue weighted by atomic mass is 10.0. The first-order valence-corrected chi connectivity index (χ1v) is 5.17. The van der Waals surface area contributed by atoms with Crippen molar-refractivity contribution < 1.29 is 4.39 Å². The molecule has 82 valence electrons. The zero-order valence-electron chi connectivity index (χ0n) is 8.48. The third-order valence-corrected chi connectivity index (χ3v) is 2.99. The number of H-pyrrole nitrogens is 1. The Kier molecular flexibility index (Phi) is 1.92. The first-order valence-electron chi connectivity index (χ1n) is 5.17. The van der Waals surface area contributed by atoms with Gasteiger partial charge < -0.3 is 0 Å². The fourth-order valence-electron chi connectivity index (χ4n) is 2.27. The molecule has 2 aromatic rings. The highest BCUT2D eigenvalue weighted by atomic mass is 19.1. The molecule has 16 heavy (non-hydrogen) atoms. The van der Waals surface area contributed by atoms with Crippen LogP contribution in [0.5, 0.6) is 0 Å². The molecule has 0 spiro atoms. The van der Waals surface area contributed by atoms with E-state index in [0.29, 0.717) is 17.8 Å². The van der Waals surface area contributed by atoms with Crippen LogP contribution in [0.1, 0.15) is 23.9 Å². The summed E-state index contributed by atoms with van der Waals surface area (Å²) in [6.07, 6.45) is 1.44. The van der Waals surface area contributed by atoms with Gasteiger partial charge in [0.05, 0.1) is 6.04 Å². The van der Waals surface area contributed by atoms with Crippen molar-refractivity contribution in [3.8, 4) is 0 Å². The number of benzene rings is 1. The molecule has 3 rings (SSSR count). The third-order valence-electron chi connectivity index (χ3n) is 2.99. The largest absolute Gasteiger partial charge is 0.343 e. The van der Waals surface area contributed by atoms with Gasteiger partial charge in [0.1, 0.15) is 11.6 Å². The van der Waals surface area contributed by atoms with E-state index in [-0.39, 0.29) is 17.5 Å². The summed E-state index contributed by atoms with van der Waals surface area (Å²) in [6.45, 7) is 0. The molecule has 1 aromatic heterocycles. The molecular formula is C11H10FN3O. The van der Waals surface area contributed by atoms with E-state index in [2.05, 4.69) is 10.2 Å². The van der Waals surface area contributed by atoms with Crippen LogP contribution in [0.3, 0.4) is 0 Å². The SMILES string of the molecule is O=c1[nH]nc2n1C(c1ccccc1F)CC2. The number of hydrogen-bond acceptors (Lipinski definition) is 2. The minimum absolute atomic E-state index is 0.220. The molecule has 1 unspecified atom stereocenters. The van der Waals surface area contributed by atoms with Crippen LogP contribution >= 0.6 is 0 Å². The van der Waals surface area contributed by atoms with Crippen molar-refractivity contribution in [1.29, 1.82) is 0 Å². The number of halogens is 1. The van der Waals surface area contributed by atoms with Crippen molar-refractivity contribution in [2.45, 2.75) is 18.9 Å². The number of aromatic nitrogens is 3. The molecule has 0 fully saturated rings. The van der Waals surface area contributed by atoms with Crippen molar-refractivity contribution in [1.82, 2.24) is 14.8 Å². The van der Waals surface area contributed by atoms with Crippen molar-refractivity contribution in [3.63, 3.8) is 0 Å². The van der Waals surface area contributed by atoms with E-state index in [0.717, 1.165) is 6.42 Å². The lowest BCUT2D eigenvalue weighted by Gasteiger charge is -2.12. The molecule has 0 radical (unpaired) electrons. The van der Waals surface area contributed by atoms with Gasteiger partial charge in [-0.05, 0) is 12.5 Å². The van der Waals surface area contributed by atoms with E-state index in [1.807, 2.05) is 0 Å². The monoisotopic (exact) mass is 219 g/mol. The van der Waals surface area contributed by atoms with Gasteiger partial charge in [-0.2, -0.15) is 5.10 Å². The van der Waals surface area contributed by atoms with Crippen molar-refractivity contribution in [2.24, 2.45) is 0 Å². The smallest absolute Gasteiger partial charge is 0.271 e. The zero-order chi connectivity index (χ0) is 11.1. The third kappa shape index (κ3) is 1.21. The summed E-state index contributed by atoms with van der Waals surface area (Å²) >= 11 is 0. The van der Waals surface area contributed by atoms with E-state index in [9.17, 15) is 9.18 Å². The number of aromatic amines is 1. The number of nitrogens with zero attached hydrogens (tertiary/aromatic N) is 2. The van der Waals surface area contributed by atoms with Crippen LogP contribution < -0.4 is 5.69 Å². The normalized spacial score (nSPS) is 18.7. The number of nitrogens with one attached hydrogen (secondary N) is 1. The molecule has 0 saturated heterocycles. The summed E-state index contributed by atoms with van der Waals surface area (Å²) < 4.78 is 15.2. The number of fused-ring (bicyclic) bond motifs is 1. The summed E-state index contributed by atoms with van der Waals surface area (Å²) in [5.41, 5.74) is 0.297. The molecule has 2 heterocycles. The summed E-state index contributed by atoms with van der Waals surface area (Å²) in [7, 11) is 0. The van der Waals surface area contributed by atoms with E-state index in [4.69, 9.17) is 0 Å². The second-order valence-electron chi connectivity index (χ2n) is 3.89. The number of rotatable bonds is 1. The maximum atomic E-state index is 13.6. The predicted octanol–water partition coefficient (Wildman–Crippen LogP) is 1.25. The van der Waals surface area contributed by atoms with E-state index >= 15 is 0 Å². The molecule has 4 nitrogen and oxygen atoms in total. The van der Waals surface area contributed by atoms with Gasteiger partial charge in [0.2, 0.25) is 0 Å². The van der Waals surface area contributed by atoms with Crippen LogP contribution in [-0.2, 0) is 6.42 Å². The molecule has 1 aliphatic rings. The zero-order valence-corrected chi connectivity index (χ0v) is 8.48. The Labute approximate surface area is 90.7 Å². The van der Waals surface area contributed by atoms with E-state index in [1.54, 1.807) is 22.8 Å². The van der Waals surface area contributed by atoms with Crippen molar-refractivity contribution >= 4 is 0 Å². The first-order chi connectivity index (χ1) is 7.77. The van der Waals surface area contributed by atoms with Crippen LogP contribution in [-0.4, -0.2) is 14.8 Å². The molecule has 1 aromatic carbocycles. The van der Waals surface area contributed by atoms with Gasteiger partial charge in [0, 0.05) is 12.0 Å². The summed E-state index contributed by atoms with van der Waals surface area (Å²) in [4.78, 5) is 11.5. The average molecular weight is 219 g/mol. The summed E-state index contributed by atoms with van der Waals surface area (Å²) in [5.74, 6) is 0.437. The van der Waals surface area contributed by atoms with Crippen LogP contribution in [0.4, 0.5) is 4.39 Å². The van der Waals surface area contributed by atoms with Crippen LogP contribution in [0, 0.1) is 5.82 Å². The van der Waals surface area contributed by atoms with Gasteiger partial charge >= 0.3 is 5.69 Å². The maximum Gasteiger partial charge on any atom is 0.343 e. The van der Waals surface area contributed by atoms with Crippen molar-refractivity contribution in [3.05, 3.63) is 52.0 Å². The van der Waals surface area contributed by atoms with Crippen LogP contribution in [0.25, 0.3) is 0 Å². The van der Waals surface area contributed by atoms with Crippen LogP contribution in [0.2, 0.25) is 0 Å². The fraction of sp³-hybridized carbons (Fsp3) is 0.273. The Morgan fingerprint density at radius 1 is 1.44 bits per heavy atom. The van der Waals surface area contributed by atoms with Gasteiger partial charge in [0.25, 0.3) is 0 Å². The van der Waals surface area contributed by atoms with E-state index < -0.39 is 0 Å². The van der Waals surface area contributed by atoms with Gasteiger partial charge in [-0.15, -0.1) is 0 Å². The molecule has 1 aliphatic heterocycles. The van der Waals surface area contributed by atoms with Crippen LogP contribution in [0.15, 0.2) is 29.1 Å². The second kappa shape index (κ2) is 3.30. The van der Waals surface area contributed by atoms with E-state index in [1.165, 1.54) is 6.07 Å². The number of aryl methyl sites for hydroxylation is 1. The minimum Gasteiger partial charge on any atom is -0.271 e. The Bertz CT molecular complexity index is 587. The first kappa shape index (κ1) is 9.33. The van der Waals surface area contributed by atoms with Gasteiger partial charge in [-0.3, -0.25) is 4.57 Å². The highest BCUT2D eigenvalue weighted by Crippen LogP contribution is 2.30. The Morgan fingerprint density at radius 2 is 2.25 bits per heavy atom. The molecule has 1 atom stereocenters. The van der Waals surface area contributed by atoms with Crippen molar-refractivity contribution in [2.75, 3.05) is 0 Å². The average Bonchev–Trinajstić information content (AvgIpc) is 2.83. The lowest BCUT2D eigenvalue weighted by molar-refractivity contribution is 0.537. The Hall–Kier alpha value is -1.91. The maximum absolute atomic E-state index is 13.6. The highest BCUT2D eigenvalue weighted by Gasteiger charge is 2.28. The molecule has 1 N–H and O–H groups in total. The quantitative estimate of drug-likeness (QED) is 0.784. The summed E-state index contributed by atoms with van der Waals surface area (Å²) in [6, 6.07) is 6.34. The molecule has 0 saturated carbocycles. The fourth-order valence-corrected chi connectivity index (χ4v) is 2.27. The van der Waals surface area contributed by atoms with Gasteiger partial charge in [-0.25, -0.2) is 14.3 Å². The minimum atomic E-state index is -0.270. The lowest BCUT2D eigenvalue weighted by Crippen LogP contribution is -2.21. The predicted molar refractivity (Wildman–Crippen MR) is 55.7 cm³/mol. The van der Waals surface area contributed by atoms with Gasteiger partial charge in [0.15, 0.2) is 0 Å². The Balaban J connectivity index is 2.15. The number of hydrogen-bond donors (Lipinski definition) is 1. The molecular weight excluding hydrogens is 209 g/mol. The standard InChI is InChI=1S/C11H10FN3O/c12-8-4-2-1-3-7(8)9-5-6-10-13-14-11(16)15(9)10/h1-4,9H,5-6H2,(H,14,16). The van der Waals surface area contributed by atoms with Gasteiger partial charge in [-0.1, -0.05) is 18.2 Å².